The van der Waals surface area contributed by atoms with Gasteiger partial charge in [-0.05, 0) is 33.2 Å². The van der Waals surface area contributed by atoms with Crippen molar-refractivity contribution in [1.29, 1.82) is 0 Å². The average Bonchev–Trinajstić information content (AvgIpc) is 2.60. The normalized spacial score (nSPS) is 20.9. The first-order chi connectivity index (χ1) is 9.08. The van der Waals surface area contributed by atoms with Crippen LogP contribution >= 0.6 is 0 Å². The molecule has 0 spiro atoms. The predicted octanol–water partition coefficient (Wildman–Crippen LogP) is 1.65. The van der Waals surface area contributed by atoms with E-state index in [-0.39, 0.29) is 18.6 Å². The van der Waals surface area contributed by atoms with Crippen molar-refractivity contribution in [2.24, 2.45) is 0 Å². The van der Waals surface area contributed by atoms with Crippen LogP contribution in [0.5, 0.6) is 0 Å². The van der Waals surface area contributed by atoms with Crippen molar-refractivity contribution >= 4 is 5.91 Å². The van der Waals surface area contributed by atoms with Crippen LogP contribution in [0.15, 0.2) is 12.2 Å². The number of carbonyl (C=O) groups is 1. The first-order valence-electron chi connectivity index (χ1n) is 7.35. The number of nitrogens with zero attached hydrogens (tertiary/aromatic N) is 2. The van der Waals surface area contributed by atoms with E-state index in [1.165, 1.54) is 6.42 Å². The molecule has 1 aliphatic rings. The molecule has 1 saturated heterocycles. The zero-order valence-electron chi connectivity index (χ0n) is 12.4. The summed E-state index contributed by atoms with van der Waals surface area (Å²) in [6.45, 7) is 10.6. The Morgan fingerprint density at radius 2 is 2.16 bits per heavy atom. The van der Waals surface area contributed by atoms with Gasteiger partial charge in [0, 0.05) is 19.1 Å². The van der Waals surface area contributed by atoms with Gasteiger partial charge >= 0.3 is 0 Å². The molecule has 1 fully saturated rings. The number of likely N-dealkylation sites (N-methyl/N-ethyl adjacent to an activating group) is 1. The highest BCUT2D eigenvalue weighted by Crippen LogP contribution is 2.16. The van der Waals surface area contributed by atoms with E-state index in [9.17, 15) is 9.90 Å². The van der Waals surface area contributed by atoms with Crippen LogP contribution in [0, 0.1) is 0 Å². The fraction of sp³-hybridized carbons (Fsp3) is 0.800. The van der Waals surface area contributed by atoms with E-state index in [4.69, 9.17) is 0 Å². The standard InChI is InChI=1S/C15H28N2O2/c1-4-16(10-13(2)3)15(19)11-17-9-7-5-6-8-14(17)12-18/h14,18H,2,4-12H2,1,3H3. The molecular weight excluding hydrogens is 240 g/mol. The molecule has 1 rings (SSSR count). The Bertz CT molecular complexity index is 305. The number of aliphatic hydroxyl groups excluding tert-OH is 1. The van der Waals surface area contributed by atoms with Crippen LogP contribution in [0.4, 0.5) is 0 Å². The number of aliphatic hydroxyl groups is 1. The molecule has 0 bridgehead atoms. The lowest BCUT2D eigenvalue weighted by Gasteiger charge is -2.30. The van der Waals surface area contributed by atoms with Crippen LogP contribution in [-0.4, -0.2) is 59.6 Å². The van der Waals surface area contributed by atoms with E-state index < -0.39 is 0 Å². The van der Waals surface area contributed by atoms with Crippen LogP contribution in [0.3, 0.4) is 0 Å². The highest BCUT2D eigenvalue weighted by atomic mass is 16.3. The number of likely N-dealkylation sites (tertiary alicyclic amines) is 1. The predicted molar refractivity (Wildman–Crippen MR) is 78.0 cm³/mol. The van der Waals surface area contributed by atoms with E-state index >= 15 is 0 Å². The summed E-state index contributed by atoms with van der Waals surface area (Å²) in [5.41, 5.74) is 1.00. The topological polar surface area (TPSA) is 43.8 Å². The Balaban J connectivity index is 2.58. The summed E-state index contributed by atoms with van der Waals surface area (Å²) in [6, 6.07) is 0.148. The summed E-state index contributed by atoms with van der Waals surface area (Å²) in [5, 5.41) is 9.46. The van der Waals surface area contributed by atoms with Crippen LogP contribution in [0.1, 0.15) is 39.5 Å². The molecule has 0 saturated carbocycles. The van der Waals surface area contributed by atoms with Gasteiger partial charge in [0.15, 0.2) is 0 Å². The summed E-state index contributed by atoms with van der Waals surface area (Å²) in [7, 11) is 0. The molecule has 0 radical (unpaired) electrons. The Morgan fingerprint density at radius 1 is 1.42 bits per heavy atom. The van der Waals surface area contributed by atoms with E-state index in [1.807, 2.05) is 18.7 Å². The molecule has 4 nitrogen and oxygen atoms in total. The minimum absolute atomic E-state index is 0.144. The molecule has 1 atom stereocenters. The van der Waals surface area contributed by atoms with Gasteiger partial charge in [0.25, 0.3) is 0 Å². The van der Waals surface area contributed by atoms with E-state index in [1.54, 1.807) is 0 Å². The number of hydrogen-bond donors (Lipinski definition) is 1. The van der Waals surface area contributed by atoms with Crippen molar-refractivity contribution in [3.63, 3.8) is 0 Å². The molecule has 1 aliphatic heterocycles. The van der Waals surface area contributed by atoms with Crippen LogP contribution in [0.2, 0.25) is 0 Å². The SMILES string of the molecule is C=C(C)CN(CC)C(=O)CN1CCCCCC1CO. The van der Waals surface area contributed by atoms with Crippen molar-refractivity contribution in [2.75, 3.05) is 32.8 Å². The quantitative estimate of drug-likeness (QED) is 0.745. The molecule has 1 heterocycles. The van der Waals surface area contributed by atoms with Gasteiger partial charge in [0.1, 0.15) is 0 Å². The molecule has 1 amide bonds. The van der Waals surface area contributed by atoms with Crippen molar-refractivity contribution in [1.82, 2.24) is 9.80 Å². The second kappa shape index (κ2) is 8.33. The number of rotatable bonds is 6. The maximum Gasteiger partial charge on any atom is 0.237 e. The third-order valence-corrected chi connectivity index (χ3v) is 3.74. The second-order valence-corrected chi connectivity index (χ2v) is 5.52. The van der Waals surface area contributed by atoms with Gasteiger partial charge in [0.2, 0.25) is 5.91 Å². The fourth-order valence-corrected chi connectivity index (χ4v) is 2.63. The van der Waals surface area contributed by atoms with E-state index in [0.717, 1.165) is 31.4 Å². The third-order valence-electron chi connectivity index (χ3n) is 3.74. The zero-order chi connectivity index (χ0) is 14.3. The Kier molecular flexibility index (Phi) is 7.10. The fourth-order valence-electron chi connectivity index (χ4n) is 2.63. The van der Waals surface area contributed by atoms with E-state index in [0.29, 0.717) is 19.6 Å². The highest BCUT2D eigenvalue weighted by molar-refractivity contribution is 5.78. The molecule has 0 aromatic carbocycles. The summed E-state index contributed by atoms with van der Waals surface area (Å²) in [4.78, 5) is 16.3. The van der Waals surface area contributed by atoms with Gasteiger partial charge in [0.05, 0.1) is 13.2 Å². The van der Waals surface area contributed by atoms with Gasteiger partial charge in [-0.2, -0.15) is 0 Å². The molecule has 110 valence electrons. The van der Waals surface area contributed by atoms with E-state index in [2.05, 4.69) is 11.5 Å². The van der Waals surface area contributed by atoms with Gasteiger partial charge in [-0.3, -0.25) is 9.69 Å². The Morgan fingerprint density at radius 3 is 2.74 bits per heavy atom. The van der Waals surface area contributed by atoms with Crippen molar-refractivity contribution in [3.05, 3.63) is 12.2 Å². The van der Waals surface area contributed by atoms with Crippen molar-refractivity contribution < 1.29 is 9.90 Å². The monoisotopic (exact) mass is 268 g/mol. The molecule has 0 aromatic rings. The largest absolute Gasteiger partial charge is 0.395 e. The first-order valence-corrected chi connectivity index (χ1v) is 7.35. The highest BCUT2D eigenvalue weighted by Gasteiger charge is 2.24. The maximum atomic E-state index is 12.3. The molecular formula is C15H28N2O2. The maximum absolute atomic E-state index is 12.3. The smallest absolute Gasteiger partial charge is 0.237 e. The number of amides is 1. The van der Waals surface area contributed by atoms with Crippen molar-refractivity contribution in [2.45, 2.75) is 45.6 Å². The molecule has 0 aromatic heterocycles. The summed E-state index contributed by atoms with van der Waals surface area (Å²) in [5.74, 6) is 0.144. The Labute approximate surface area is 117 Å². The second-order valence-electron chi connectivity index (χ2n) is 5.52. The van der Waals surface area contributed by atoms with Crippen molar-refractivity contribution in [3.8, 4) is 0 Å². The summed E-state index contributed by atoms with van der Waals surface area (Å²) < 4.78 is 0. The molecule has 1 unspecified atom stereocenters. The molecule has 1 N–H and O–H groups in total. The lowest BCUT2D eigenvalue weighted by Crippen LogP contribution is -2.46. The average molecular weight is 268 g/mol. The van der Waals surface area contributed by atoms with Gasteiger partial charge in [-0.25, -0.2) is 0 Å². The van der Waals surface area contributed by atoms with Gasteiger partial charge in [-0.1, -0.05) is 25.0 Å². The Hall–Kier alpha value is -0.870. The van der Waals surface area contributed by atoms with Crippen LogP contribution in [0.25, 0.3) is 0 Å². The number of hydrogen-bond acceptors (Lipinski definition) is 3. The minimum Gasteiger partial charge on any atom is -0.395 e. The number of carbonyl (C=O) groups excluding carboxylic acids is 1. The lowest BCUT2D eigenvalue weighted by atomic mass is 10.1. The van der Waals surface area contributed by atoms with Gasteiger partial charge in [-0.15, -0.1) is 0 Å². The van der Waals surface area contributed by atoms with Crippen LogP contribution < -0.4 is 0 Å². The lowest BCUT2D eigenvalue weighted by molar-refractivity contribution is -0.132. The molecule has 4 heteroatoms. The summed E-state index contributed by atoms with van der Waals surface area (Å²) in [6.07, 6.45) is 4.47. The zero-order valence-corrected chi connectivity index (χ0v) is 12.4. The minimum atomic E-state index is 0.144. The first kappa shape index (κ1) is 16.2. The van der Waals surface area contributed by atoms with Gasteiger partial charge < -0.3 is 10.0 Å². The third kappa shape index (κ3) is 5.33. The molecule has 0 aliphatic carbocycles. The molecule has 19 heavy (non-hydrogen) atoms. The van der Waals surface area contributed by atoms with Crippen LogP contribution in [-0.2, 0) is 4.79 Å². The summed E-state index contributed by atoms with van der Waals surface area (Å²) >= 11 is 0.